The van der Waals surface area contributed by atoms with Crippen molar-refractivity contribution in [3.63, 3.8) is 0 Å². The van der Waals surface area contributed by atoms with Crippen LogP contribution in [0, 0.1) is 42.4 Å². The molecule has 4 aliphatic carbocycles. The second-order valence-electron chi connectivity index (χ2n) is 9.60. The van der Waals surface area contributed by atoms with E-state index in [4.69, 9.17) is 23.2 Å². The number of carbonyl (C=O) groups excluding carboxylic acids is 3. The molecule has 2 saturated carbocycles. The molecule has 2 aromatic carbocycles. The molecule has 0 radical (unpaired) electrons. The van der Waals surface area contributed by atoms with Gasteiger partial charge in [0.1, 0.15) is 6.67 Å². The minimum Gasteiger partial charge on any atom is -0.289 e. The van der Waals surface area contributed by atoms with Crippen molar-refractivity contribution in [3.05, 3.63) is 75.8 Å². The average Bonchev–Trinajstić information content (AvgIpc) is 3.57. The molecule has 6 atom stereocenters. The Bertz CT molecular complexity index is 1210. The first-order chi connectivity index (χ1) is 15.8. The van der Waals surface area contributed by atoms with Crippen LogP contribution in [0.5, 0.6) is 0 Å². The molecule has 1 saturated heterocycles. The number of allylic oxidation sites excluding steroid dienone is 2. The van der Waals surface area contributed by atoms with Crippen LogP contribution in [-0.2, 0) is 9.59 Å². The van der Waals surface area contributed by atoms with Crippen LogP contribution in [-0.4, -0.2) is 29.3 Å². The highest BCUT2D eigenvalue weighted by Crippen LogP contribution is 2.65. The monoisotopic (exact) mass is 480 g/mol. The minimum absolute atomic E-state index is 0.138. The fourth-order valence-corrected chi connectivity index (χ4v) is 6.66. The molecule has 0 aromatic heterocycles. The number of nitrogens with zero attached hydrogens (tertiary/aromatic N) is 2. The Labute approximate surface area is 201 Å². The van der Waals surface area contributed by atoms with Crippen LogP contribution in [0.25, 0.3) is 0 Å². The number of amides is 3. The van der Waals surface area contributed by atoms with Crippen LogP contribution in [0.4, 0.5) is 5.69 Å². The number of carbonyl (C=O) groups is 3. The van der Waals surface area contributed by atoms with E-state index in [1.807, 2.05) is 25.1 Å². The fraction of sp³-hybridized carbons (Fsp3) is 0.346. The third kappa shape index (κ3) is 3.17. The van der Waals surface area contributed by atoms with Gasteiger partial charge in [0.25, 0.3) is 5.91 Å². The molecule has 5 aliphatic rings. The van der Waals surface area contributed by atoms with Crippen LogP contribution in [0.2, 0.25) is 10.0 Å². The predicted octanol–water partition coefficient (Wildman–Crippen LogP) is 4.96. The van der Waals surface area contributed by atoms with E-state index in [0.717, 1.165) is 12.0 Å². The Kier molecular flexibility index (Phi) is 4.72. The van der Waals surface area contributed by atoms with E-state index in [1.165, 1.54) is 15.9 Å². The van der Waals surface area contributed by atoms with E-state index in [2.05, 4.69) is 12.2 Å². The first-order valence-corrected chi connectivity index (χ1v) is 12.0. The van der Waals surface area contributed by atoms with Crippen molar-refractivity contribution in [2.75, 3.05) is 11.6 Å². The Morgan fingerprint density at radius 1 is 1.00 bits per heavy atom. The summed E-state index contributed by atoms with van der Waals surface area (Å²) < 4.78 is 0. The van der Waals surface area contributed by atoms with Gasteiger partial charge in [0, 0.05) is 10.7 Å². The Hall–Kier alpha value is -2.63. The molecule has 3 fully saturated rings. The van der Waals surface area contributed by atoms with Crippen LogP contribution >= 0.6 is 23.2 Å². The van der Waals surface area contributed by atoms with Crippen molar-refractivity contribution in [1.29, 1.82) is 0 Å². The molecular weight excluding hydrogens is 459 g/mol. The van der Waals surface area contributed by atoms with E-state index in [0.29, 0.717) is 22.5 Å². The molecule has 5 nitrogen and oxygen atoms in total. The Morgan fingerprint density at radius 2 is 1.67 bits per heavy atom. The van der Waals surface area contributed by atoms with E-state index in [1.54, 1.807) is 18.2 Å². The normalized spacial score (nSPS) is 30.9. The second-order valence-corrected chi connectivity index (χ2v) is 10.4. The molecule has 7 rings (SSSR count). The van der Waals surface area contributed by atoms with Crippen molar-refractivity contribution in [2.24, 2.45) is 35.5 Å². The lowest BCUT2D eigenvalue weighted by atomic mass is 9.63. The Balaban J connectivity index is 1.36. The van der Waals surface area contributed by atoms with Gasteiger partial charge in [-0.15, -0.1) is 0 Å². The quantitative estimate of drug-likeness (QED) is 0.458. The number of hydrogen-bond donors (Lipinski definition) is 0. The summed E-state index contributed by atoms with van der Waals surface area (Å²) in [7, 11) is 0. The summed E-state index contributed by atoms with van der Waals surface area (Å²) >= 11 is 12.4. The molecule has 1 aliphatic heterocycles. The maximum atomic E-state index is 13.6. The summed E-state index contributed by atoms with van der Waals surface area (Å²) in [4.78, 5) is 43.4. The Morgan fingerprint density at radius 3 is 2.27 bits per heavy atom. The lowest BCUT2D eigenvalue weighted by molar-refractivity contribution is -0.140. The van der Waals surface area contributed by atoms with Crippen LogP contribution in [0.15, 0.2) is 54.6 Å². The fourth-order valence-electron chi connectivity index (χ4n) is 6.17. The van der Waals surface area contributed by atoms with Crippen LogP contribution in [0.1, 0.15) is 22.3 Å². The highest BCUT2D eigenvalue weighted by atomic mass is 35.5. The maximum Gasteiger partial charge on any atom is 0.261 e. The molecule has 1 heterocycles. The standard InChI is InChI=1S/C26H22Cl2N2O3/c1-13-3-2-4-15(9-13)29(24(31)18-6-5-14(27)10-21(18)28)12-30-25(32)22-16-7-8-17(20-11-19(16)20)23(22)26(30)33/h2-10,16-17,19-20,22-23H,11-12H2,1H3. The summed E-state index contributed by atoms with van der Waals surface area (Å²) in [6.07, 6.45) is 5.40. The van der Waals surface area contributed by atoms with Crippen molar-refractivity contribution < 1.29 is 14.4 Å². The zero-order chi connectivity index (χ0) is 23.0. The number of benzene rings is 2. The van der Waals surface area contributed by atoms with E-state index in [-0.39, 0.29) is 58.6 Å². The average molecular weight is 481 g/mol. The van der Waals surface area contributed by atoms with E-state index in [9.17, 15) is 14.4 Å². The number of imide groups is 1. The summed E-state index contributed by atoms with van der Waals surface area (Å²) in [5, 5.41) is 0.648. The van der Waals surface area contributed by atoms with Gasteiger partial charge in [-0.2, -0.15) is 0 Å². The third-order valence-corrected chi connectivity index (χ3v) is 8.30. The van der Waals surface area contributed by atoms with Crippen molar-refractivity contribution in [3.8, 4) is 0 Å². The van der Waals surface area contributed by atoms with Gasteiger partial charge in [-0.25, -0.2) is 0 Å². The van der Waals surface area contributed by atoms with Crippen LogP contribution in [0.3, 0.4) is 0 Å². The zero-order valence-corrected chi connectivity index (χ0v) is 19.5. The molecule has 0 N–H and O–H groups in total. The molecule has 7 heteroatoms. The number of halogens is 2. The molecule has 2 bridgehead atoms. The van der Waals surface area contributed by atoms with Gasteiger partial charge in [0.15, 0.2) is 0 Å². The highest BCUT2D eigenvalue weighted by Gasteiger charge is 2.67. The van der Waals surface area contributed by atoms with Gasteiger partial charge in [0.05, 0.1) is 22.4 Å². The topological polar surface area (TPSA) is 57.7 Å². The van der Waals surface area contributed by atoms with Crippen molar-refractivity contribution in [2.45, 2.75) is 13.3 Å². The SMILES string of the molecule is Cc1cccc(N(CN2C(=O)C3C4C=CC(C5CC45)C3C2=O)C(=O)c2ccc(Cl)cc2Cl)c1. The first-order valence-electron chi connectivity index (χ1n) is 11.2. The number of anilines is 1. The van der Waals surface area contributed by atoms with E-state index < -0.39 is 0 Å². The molecule has 3 amide bonds. The summed E-state index contributed by atoms with van der Waals surface area (Å²) in [5.74, 6) is 0.0160. The lowest BCUT2D eigenvalue weighted by Gasteiger charge is -2.37. The number of likely N-dealkylation sites (tertiary alicyclic amines) is 1. The second kappa shape index (κ2) is 7.44. The van der Waals surface area contributed by atoms with Gasteiger partial charge < -0.3 is 0 Å². The summed E-state index contributed by atoms with van der Waals surface area (Å²) in [6, 6.07) is 12.1. The number of hydrogen-bond acceptors (Lipinski definition) is 3. The molecule has 0 spiro atoms. The van der Waals surface area contributed by atoms with Gasteiger partial charge in [-0.3, -0.25) is 24.2 Å². The van der Waals surface area contributed by atoms with Crippen LogP contribution < -0.4 is 4.90 Å². The first kappa shape index (κ1) is 20.9. The maximum absolute atomic E-state index is 13.6. The van der Waals surface area contributed by atoms with Gasteiger partial charge in [-0.1, -0.05) is 47.5 Å². The molecule has 168 valence electrons. The van der Waals surface area contributed by atoms with Gasteiger partial charge in [0.2, 0.25) is 11.8 Å². The molecule has 2 aromatic rings. The summed E-state index contributed by atoms with van der Waals surface area (Å²) in [6.45, 7) is 1.79. The third-order valence-electron chi connectivity index (χ3n) is 7.76. The van der Waals surface area contributed by atoms with Crippen molar-refractivity contribution >= 4 is 46.6 Å². The largest absolute Gasteiger partial charge is 0.289 e. The molecular formula is C26H22Cl2N2O3. The van der Waals surface area contributed by atoms with E-state index >= 15 is 0 Å². The van der Waals surface area contributed by atoms with Gasteiger partial charge >= 0.3 is 0 Å². The number of aryl methyl sites for hydroxylation is 1. The number of rotatable bonds is 4. The minimum atomic E-state index is -0.387. The van der Waals surface area contributed by atoms with Gasteiger partial charge in [-0.05, 0) is 72.9 Å². The molecule has 6 unspecified atom stereocenters. The molecule has 33 heavy (non-hydrogen) atoms. The summed E-state index contributed by atoms with van der Waals surface area (Å²) in [5.41, 5.74) is 1.83. The smallest absolute Gasteiger partial charge is 0.261 e. The highest BCUT2D eigenvalue weighted by molar-refractivity contribution is 6.37. The lowest BCUT2D eigenvalue weighted by Crippen LogP contribution is -2.45. The van der Waals surface area contributed by atoms with Crippen molar-refractivity contribution in [1.82, 2.24) is 4.90 Å². The zero-order valence-electron chi connectivity index (χ0n) is 17.9. The predicted molar refractivity (Wildman–Crippen MR) is 126 cm³/mol.